The highest BCUT2D eigenvalue weighted by molar-refractivity contribution is 7.13. The predicted molar refractivity (Wildman–Crippen MR) is 99.3 cm³/mol. The lowest BCUT2D eigenvalue weighted by atomic mass is 9.96. The van der Waals surface area contributed by atoms with E-state index in [4.69, 9.17) is 4.74 Å². The van der Waals surface area contributed by atoms with Gasteiger partial charge < -0.3 is 9.64 Å². The average Bonchev–Trinajstić information content (AvgIpc) is 3.04. The van der Waals surface area contributed by atoms with E-state index in [-0.39, 0.29) is 0 Å². The third kappa shape index (κ3) is 3.94. The minimum Gasteiger partial charge on any atom is -0.377 e. The molecule has 0 amide bonds. The lowest BCUT2D eigenvalue weighted by Crippen LogP contribution is -2.34. The molecule has 2 fully saturated rings. The van der Waals surface area contributed by atoms with Gasteiger partial charge in [0.25, 0.3) is 0 Å². The Balaban J connectivity index is 1.43. The highest BCUT2D eigenvalue weighted by Crippen LogP contribution is 2.36. The fourth-order valence-electron chi connectivity index (χ4n) is 3.19. The number of hydrogen-bond acceptors (Lipinski definition) is 4. The van der Waals surface area contributed by atoms with Gasteiger partial charge in [-0.2, -0.15) is 0 Å². The van der Waals surface area contributed by atoms with Crippen LogP contribution in [0.5, 0.6) is 0 Å². The van der Waals surface area contributed by atoms with Crippen LogP contribution in [0.25, 0.3) is 5.57 Å². The van der Waals surface area contributed by atoms with Crippen molar-refractivity contribution >= 4 is 28.2 Å². The monoisotopic (exact) mass is 345 g/mol. The Bertz CT molecular complexity index is 595. The molecular weight excluding hydrogens is 322 g/mol. The Morgan fingerprint density at radius 3 is 2.22 bits per heavy atom. The zero-order chi connectivity index (χ0) is 15.5. The number of hydrogen-bond donors (Lipinski definition) is 0. The van der Waals surface area contributed by atoms with Gasteiger partial charge >= 0.3 is 0 Å². The van der Waals surface area contributed by atoms with Crippen molar-refractivity contribution in [3.05, 3.63) is 50.4 Å². The smallest absolute Gasteiger partial charge is 0.0597 e. The van der Waals surface area contributed by atoms with Crippen LogP contribution in [0.1, 0.15) is 35.4 Å². The zero-order valence-electron chi connectivity index (χ0n) is 13.4. The molecule has 2 aromatic rings. The van der Waals surface area contributed by atoms with Gasteiger partial charge in [0.1, 0.15) is 0 Å². The molecule has 3 heterocycles. The molecule has 4 heteroatoms. The quantitative estimate of drug-likeness (QED) is 0.739. The number of piperidine rings is 1. The Hall–Kier alpha value is -0.940. The van der Waals surface area contributed by atoms with E-state index in [1.165, 1.54) is 54.1 Å². The first-order valence-electron chi connectivity index (χ1n) is 8.54. The van der Waals surface area contributed by atoms with Crippen LogP contribution in [0, 0.1) is 0 Å². The molecular formula is C19H23NOS2. The summed E-state index contributed by atoms with van der Waals surface area (Å²) in [4.78, 5) is 5.41. The second-order valence-corrected chi connectivity index (χ2v) is 8.24. The summed E-state index contributed by atoms with van der Waals surface area (Å²) in [6.07, 6.45) is 5.51. The van der Waals surface area contributed by atoms with Crippen LogP contribution < -0.4 is 0 Å². The molecule has 1 aliphatic heterocycles. The van der Waals surface area contributed by atoms with Crippen molar-refractivity contribution in [3.8, 4) is 0 Å². The summed E-state index contributed by atoms with van der Waals surface area (Å²) in [5.41, 5.74) is 3.14. The molecule has 1 saturated carbocycles. The van der Waals surface area contributed by atoms with E-state index < -0.39 is 0 Å². The molecule has 4 rings (SSSR count). The van der Waals surface area contributed by atoms with E-state index in [1.54, 1.807) is 5.57 Å². The molecule has 0 unspecified atom stereocenters. The largest absolute Gasteiger partial charge is 0.377 e. The standard InChI is InChI=1S/C19H23NOS2/c1-3-17(22-13-1)19(18-4-2-14-23-18)15-7-9-20(10-8-15)11-12-21-16-5-6-16/h1-4,13-14,16H,5-12H2. The van der Waals surface area contributed by atoms with Gasteiger partial charge in [-0.1, -0.05) is 17.7 Å². The Morgan fingerprint density at radius 2 is 1.70 bits per heavy atom. The van der Waals surface area contributed by atoms with Gasteiger partial charge in [-0.3, -0.25) is 0 Å². The Kier molecular flexibility index (Phi) is 4.95. The molecule has 0 bridgehead atoms. The second kappa shape index (κ2) is 7.31. The first-order valence-corrected chi connectivity index (χ1v) is 10.3. The number of likely N-dealkylation sites (tertiary alicyclic amines) is 1. The zero-order valence-corrected chi connectivity index (χ0v) is 15.0. The van der Waals surface area contributed by atoms with Crippen LogP contribution in [-0.2, 0) is 4.74 Å². The molecule has 2 aromatic heterocycles. The Morgan fingerprint density at radius 1 is 1.04 bits per heavy atom. The van der Waals surface area contributed by atoms with Crippen molar-refractivity contribution in [3.63, 3.8) is 0 Å². The first kappa shape index (κ1) is 15.6. The summed E-state index contributed by atoms with van der Waals surface area (Å²) in [6, 6.07) is 8.86. The van der Waals surface area contributed by atoms with E-state index in [0.29, 0.717) is 6.10 Å². The van der Waals surface area contributed by atoms with E-state index >= 15 is 0 Å². The lowest BCUT2D eigenvalue weighted by molar-refractivity contribution is 0.0894. The fraction of sp³-hybridized carbons (Fsp3) is 0.474. The van der Waals surface area contributed by atoms with Gasteiger partial charge in [-0.25, -0.2) is 0 Å². The van der Waals surface area contributed by atoms with Crippen molar-refractivity contribution in [2.75, 3.05) is 26.2 Å². The van der Waals surface area contributed by atoms with E-state index in [0.717, 1.165) is 13.2 Å². The summed E-state index contributed by atoms with van der Waals surface area (Å²) < 4.78 is 5.80. The lowest BCUT2D eigenvalue weighted by Gasteiger charge is -2.29. The average molecular weight is 346 g/mol. The topological polar surface area (TPSA) is 12.5 Å². The molecule has 1 saturated heterocycles. The van der Waals surface area contributed by atoms with Crippen molar-refractivity contribution in [1.29, 1.82) is 0 Å². The van der Waals surface area contributed by atoms with E-state index in [1.807, 2.05) is 22.7 Å². The third-order valence-electron chi connectivity index (χ3n) is 4.63. The van der Waals surface area contributed by atoms with Gasteiger partial charge in [-0.05, 0) is 48.6 Å². The molecule has 1 aliphatic carbocycles. The highest BCUT2D eigenvalue weighted by Gasteiger charge is 2.23. The second-order valence-electron chi connectivity index (χ2n) is 6.34. The maximum Gasteiger partial charge on any atom is 0.0597 e. The number of ether oxygens (including phenoxy) is 1. The van der Waals surface area contributed by atoms with Gasteiger partial charge in [0.15, 0.2) is 0 Å². The first-order chi connectivity index (χ1) is 11.4. The van der Waals surface area contributed by atoms with Gasteiger partial charge in [0.2, 0.25) is 0 Å². The highest BCUT2D eigenvalue weighted by atomic mass is 32.1. The number of thiophene rings is 2. The SMILES string of the molecule is c1csc(C(=C2CCN(CCOC3CC3)CC2)c2cccs2)c1. The Labute approximate surface area is 146 Å². The molecule has 2 nitrogen and oxygen atoms in total. The van der Waals surface area contributed by atoms with Crippen molar-refractivity contribution in [2.45, 2.75) is 31.8 Å². The van der Waals surface area contributed by atoms with Gasteiger partial charge in [0, 0.05) is 35.0 Å². The van der Waals surface area contributed by atoms with Crippen molar-refractivity contribution in [1.82, 2.24) is 4.90 Å². The van der Waals surface area contributed by atoms with Crippen LogP contribution in [0.4, 0.5) is 0 Å². The molecule has 0 N–H and O–H groups in total. The van der Waals surface area contributed by atoms with Crippen LogP contribution in [0.15, 0.2) is 40.6 Å². The van der Waals surface area contributed by atoms with Gasteiger partial charge in [0.05, 0.1) is 12.7 Å². The molecule has 0 aromatic carbocycles. The van der Waals surface area contributed by atoms with Crippen molar-refractivity contribution in [2.24, 2.45) is 0 Å². The van der Waals surface area contributed by atoms with E-state index in [9.17, 15) is 0 Å². The maximum absolute atomic E-state index is 5.80. The summed E-state index contributed by atoms with van der Waals surface area (Å²) in [5.74, 6) is 0. The summed E-state index contributed by atoms with van der Waals surface area (Å²) in [6.45, 7) is 4.34. The molecule has 122 valence electrons. The summed E-state index contributed by atoms with van der Waals surface area (Å²) in [7, 11) is 0. The fourth-order valence-corrected chi connectivity index (χ4v) is 4.92. The molecule has 0 atom stereocenters. The summed E-state index contributed by atoms with van der Waals surface area (Å²) >= 11 is 3.73. The molecule has 0 spiro atoms. The predicted octanol–water partition coefficient (Wildman–Crippen LogP) is 4.89. The van der Waals surface area contributed by atoms with Crippen LogP contribution in [0.2, 0.25) is 0 Å². The normalized spacial score (nSPS) is 19.2. The molecule has 0 radical (unpaired) electrons. The number of nitrogens with zero attached hydrogens (tertiary/aromatic N) is 1. The summed E-state index contributed by atoms with van der Waals surface area (Å²) in [5, 5.41) is 4.38. The minimum absolute atomic E-state index is 0.583. The van der Waals surface area contributed by atoms with Crippen LogP contribution in [0.3, 0.4) is 0 Å². The van der Waals surface area contributed by atoms with Crippen LogP contribution in [-0.4, -0.2) is 37.2 Å². The van der Waals surface area contributed by atoms with Crippen molar-refractivity contribution < 1.29 is 4.74 Å². The maximum atomic E-state index is 5.80. The van der Waals surface area contributed by atoms with Crippen LogP contribution >= 0.6 is 22.7 Å². The minimum atomic E-state index is 0.583. The molecule has 2 aliphatic rings. The van der Waals surface area contributed by atoms with Gasteiger partial charge in [-0.15, -0.1) is 22.7 Å². The molecule has 23 heavy (non-hydrogen) atoms. The number of rotatable bonds is 6. The van der Waals surface area contributed by atoms with E-state index in [2.05, 4.69) is 39.9 Å². The third-order valence-corrected chi connectivity index (χ3v) is 6.41.